The number of methoxy groups -OCH3 is 3. The first-order valence-corrected chi connectivity index (χ1v) is 16.9. The van der Waals surface area contributed by atoms with Gasteiger partial charge in [0.1, 0.15) is 5.75 Å². The smallest absolute Gasteiger partial charge is 0.288 e. The summed E-state index contributed by atoms with van der Waals surface area (Å²) >= 11 is 0. The molecular formula is C35H42N2O9S. The van der Waals surface area contributed by atoms with Crippen molar-refractivity contribution in [3.8, 4) is 16.9 Å². The van der Waals surface area contributed by atoms with Crippen molar-refractivity contribution in [1.82, 2.24) is 9.21 Å². The van der Waals surface area contributed by atoms with E-state index in [1.807, 2.05) is 24.3 Å². The summed E-state index contributed by atoms with van der Waals surface area (Å²) in [4.78, 5) is 15.2. The monoisotopic (exact) mass is 666 g/mol. The molecule has 0 radical (unpaired) electrons. The van der Waals surface area contributed by atoms with Crippen molar-refractivity contribution in [3.05, 3.63) is 95.3 Å². The summed E-state index contributed by atoms with van der Waals surface area (Å²) in [5, 5.41) is 9.67. The van der Waals surface area contributed by atoms with Gasteiger partial charge in [-0.25, -0.2) is 8.42 Å². The zero-order chi connectivity index (χ0) is 33.6. The molecule has 1 amide bonds. The number of carbonyl (C=O) groups is 1. The molecule has 0 aromatic heterocycles. The van der Waals surface area contributed by atoms with E-state index in [-0.39, 0.29) is 55.3 Å². The first-order chi connectivity index (χ1) is 22.7. The zero-order valence-corrected chi connectivity index (χ0v) is 27.9. The van der Waals surface area contributed by atoms with E-state index in [0.717, 1.165) is 12.0 Å². The molecule has 1 heterocycles. The molecule has 2 atom stereocenters. The molecule has 12 heteroatoms. The number of benzene rings is 3. The lowest BCUT2D eigenvalue weighted by atomic mass is 9.87. The van der Waals surface area contributed by atoms with Crippen LogP contribution in [0.5, 0.6) is 5.75 Å². The zero-order valence-electron chi connectivity index (χ0n) is 27.1. The summed E-state index contributed by atoms with van der Waals surface area (Å²) < 4.78 is 56.0. The molecule has 1 aliphatic carbocycles. The second-order valence-electron chi connectivity index (χ2n) is 11.4. The van der Waals surface area contributed by atoms with Crippen LogP contribution in [0.1, 0.15) is 29.0 Å². The van der Waals surface area contributed by atoms with Gasteiger partial charge < -0.3 is 33.7 Å². The van der Waals surface area contributed by atoms with Crippen LogP contribution in [-0.2, 0) is 40.2 Å². The van der Waals surface area contributed by atoms with Gasteiger partial charge in [0, 0.05) is 46.7 Å². The van der Waals surface area contributed by atoms with Gasteiger partial charge in [0.2, 0.25) is 16.3 Å². The summed E-state index contributed by atoms with van der Waals surface area (Å²) in [6, 6.07) is 20.6. The molecule has 0 bridgehead atoms. The molecule has 0 fully saturated rings. The number of sulfonamides is 1. The maximum absolute atomic E-state index is 13.6. The Morgan fingerprint density at radius 2 is 1.70 bits per heavy atom. The largest absolute Gasteiger partial charge is 0.497 e. The number of aliphatic hydroxyl groups is 1. The number of nitrogens with zero attached hydrogens (tertiary/aromatic N) is 2. The van der Waals surface area contributed by atoms with Crippen LogP contribution in [0.15, 0.2) is 83.5 Å². The molecule has 0 unspecified atom stereocenters. The fourth-order valence-corrected chi connectivity index (χ4v) is 7.46. The maximum atomic E-state index is 13.6. The van der Waals surface area contributed by atoms with E-state index in [0.29, 0.717) is 12.2 Å². The van der Waals surface area contributed by atoms with E-state index in [4.69, 9.17) is 23.7 Å². The molecule has 0 saturated heterocycles. The third-order valence-corrected chi connectivity index (χ3v) is 10.5. The lowest BCUT2D eigenvalue weighted by Gasteiger charge is -2.32. The van der Waals surface area contributed by atoms with Gasteiger partial charge in [-0.1, -0.05) is 42.5 Å². The fourth-order valence-electron chi connectivity index (χ4n) is 6.04. The highest BCUT2D eigenvalue weighted by Gasteiger charge is 2.34. The SMILES string of the molecule is COc1ccc(S(=O)(=O)N(CCO)CCO[C@@H]2C[C@H](c3cccc4c3Cc3ccccc3-4)C=C(C(=O)N(C)CC(OC)OC)O2)cc1. The Hall–Kier alpha value is -3.78. The lowest BCUT2D eigenvalue weighted by molar-refractivity contribution is -0.158. The van der Waals surface area contributed by atoms with Crippen molar-refractivity contribution in [1.29, 1.82) is 0 Å². The molecule has 3 aromatic carbocycles. The highest BCUT2D eigenvalue weighted by Crippen LogP contribution is 2.43. The Labute approximate surface area is 276 Å². The molecule has 5 rings (SSSR count). The number of ether oxygens (including phenoxy) is 5. The van der Waals surface area contributed by atoms with Gasteiger partial charge in [0.05, 0.1) is 31.8 Å². The van der Waals surface area contributed by atoms with E-state index >= 15 is 0 Å². The predicted octanol–water partition coefficient (Wildman–Crippen LogP) is 3.76. The van der Waals surface area contributed by atoms with Crippen LogP contribution in [0.2, 0.25) is 0 Å². The summed E-state index contributed by atoms with van der Waals surface area (Å²) in [7, 11) is 2.23. The van der Waals surface area contributed by atoms with Crippen LogP contribution < -0.4 is 4.74 Å². The Morgan fingerprint density at radius 1 is 0.979 bits per heavy atom. The number of rotatable bonds is 15. The van der Waals surface area contributed by atoms with Gasteiger partial charge in [-0.3, -0.25) is 4.79 Å². The van der Waals surface area contributed by atoms with E-state index in [1.165, 1.54) is 64.9 Å². The van der Waals surface area contributed by atoms with Crippen molar-refractivity contribution < 1.29 is 42.0 Å². The number of carbonyl (C=O) groups excluding carboxylic acids is 1. The minimum Gasteiger partial charge on any atom is -0.497 e. The number of aliphatic hydroxyl groups excluding tert-OH is 1. The van der Waals surface area contributed by atoms with Gasteiger partial charge in [0.25, 0.3) is 5.91 Å². The summed E-state index contributed by atoms with van der Waals surface area (Å²) in [5.74, 6) is 0.0951. The van der Waals surface area contributed by atoms with Crippen LogP contribution in [0.25, 0.3) is 11.1 Å². The second-order valence-corrected chi connectivity index (χ2v) is 13.3. The van der Waals surface area contributed by atoms with Crippen LogP contribution in [-0.4, -0.2) is 102 Å². The molecule has 1 aliphatic heterocycles. The lowest BCUT2D eigenvalue weighted by Crippen LogP contribution is -2.40. The summed E-state index contributed by atoms with van der Waals surface area (Å²) in [6.07, 6.45) is 1.59. The number of hydrogen-bond donors (Lipinski definition) is 1. The average molecular weight is 667 g/mol. The molecule has 0 saturated carbocycles. The maximum Gasteiger partial charge on any atom is 0.288 e. The van der Waals surface area contributed by atoms with Crippen molar-refractivity contribution in [2.75, 3.05) is 61.2 Å². The fraction of sp³-hybridized carbons (Fsp3) is 0.400. The minimum atomic E-state index is -3.93. The summed E-state index contributed by atoms with van der Waals surface area (Å²) in [5.41, 5.74) is 5.92. The molecule has 3 aromatic rings. The van der Waals surface area contributed by atoms with Crippen LogP contribution >= 0.6 is 0 Å². The number of fused-ring (bicyclic) bond motifs is 3. The van der Waals surface area contributed by atoms with Gasteiger partial charge in [-0.15, -0.1) is 0 Å². The van der Waals surface area contributed by atoms with E-state index in [1.54, 1.807) is 19.2 Å². The topological polar surface area (TPSA) is 124 Å². The Morgan fingerprint density at radius 3 is 2.40 bits per heavy atom. The van der Waals surface area contributed by atoms with Gasteiger partial charge in [0.15, 0.2) is 12.0 Å². The molecule has 1 N–H and O–H groups in total. The molecule has 11 nitrogen and oxygen atoms in total. The highest BCUT2D eigenvalue weighted by atomic mass is 32.2. The van der Waals surface area contributed by atoms with E-state index < -0.39 is 22.6 Å². The number of allylic oxidation sites excluding steroid dienone is 1. The third kappa shape index (κ3) is 7.69. The first-order valence-electron chi connectivity index (χ1n) is 15.5. The number of likely N-dealkylation sites (N-methyl/N-ethyl adjacent to an activating group) is 1. The van der Waals surface area contributed by atoms with E-state index in [2.05, 4.69) is 24.3 Å². The first kappa shape index (κ1) is 34.6. The predicted molar refractivity (Wildman–Crippen MR) is 175 cm³/mol. The molecule has 0 spiro atoms. The van der Waals surface area contributed by atoms with Crippen molar-refractivity contribution in [3.63, 3.8) is 0 Å². The van der Waals surface area contributed by atoms with Crippen molar-refractivity contribution >= 4 is 15.9 Å². The Balaban J connectivity index is 1.37. The normalized spacial score (nSPS) is 17.2. The molecule has 252 valence electrons. The number of amides is 1. The van der Waals surface area contributed by atoms with Gasteiger partial charge in [-0.2, -0.15) is 4.31 Å². The van der Waals surface area contributed by atoms with Crippen molar-refractivity contribution in [2.45, 2.75) is 36.2 Å². The highest BCUT2D eigenvalue weighted by molar-refractivity contribution is 7.89. The van der Waals surface area contributed by atoms with Crippen LogP contribution in [0.3, 0.4) is 0 Å². The Bertz CT molecular complexity index is 1670. The second kappa shape index (κ2) is 15.4. The van der Waals surface area contributed by atoms with Crippen LogP contribution in [0, 0.1) is 0 Å². The van der Waals surface area contributed by atoms with Gasteiger partial charge >= 0.3 is 0 Å². The summed E-state index contributed by atoms with van der Waals surface area (Å²) in [6.45, 7) is -0.366. The minimum absolute atomic E-state index is 0.0299. The quantitative estimate of drug-likeness (QED) is 0.189. The standard InChI is InChI=1S/C35H42N2O9S/c1-36(23-34(43-3)44-4)35(39)32-21-25(29-10-7-11-30-28-9-6-5-8-24(28)20-31(29)30)22-33(46-32)45-19-17-37(16-18-38)47(40,41)27-14-12-26(42-2)13-15-27/h5-15,21,25,33-34,38H,16-20,22-23H2,1-4H3/t25-,33+/m1/s1. The van der Waals surface area contributed by atoms with Crippen LogP contribution in [0.4, 0.5) is 0 Å². The van der Waals surface area contributed by atoms with Gasteiger partial charge in [-0.05, 0) is 64.6 Å². The Kier molecular flexibility index (Phi) is 11.3. The average Bonchev–Trinajstić information content (AvgIpc) is 3.48. The van der Waals surface area contributed by atoms with Crippen molar-refractivity contribution in [2.24, 2.45) is 0 Å². The molecule has 2 aliphatic rings. The molecule has 47 heavy (non-hydrogen) atoms. The van der Waals surface area contributed by atoms with E-state index in [9.17, 15) is 18.3 Å². The molecular weight excluding hydrogens is 624 g/mol. The number of hydrogen-bond acceptors (Lipinski definition) is 9. The third-order valence-electron chi connectivity index (χ3n) is 8.54.